The first-order valence-corrected chi connectivity index (χ1v) is 4.42. The molecule has 4 nitrogen and oxygen atoms in total. The highest BCUT2D eigenvalue weighted by atomic mass is 79.9. The topological polar surface area (TPSA) is 59.4 Å². The molecule has 0 saturated heterocycles. The summed E-state index contributed by atoms with van der Waals surface area (Å²) in [5.41, 5.74) is -0.216. The number of nitrogens with zero attached hydrogens (tertiary/aromatic N) is 1. The van der Waals surface area contributed by atoms with E-state index in [9.17, 15) is 14.3 Å². The van der Waals surface area contributed by atoms with Gasteiger partial charge in [0.15, 0.2) is 6.10 Å². The third-order valence-corrected chi connectivity index (χ3v) is 1.99. The third-order valence-electron chi connectivity index (χ3n) is 1.55. The van der Waals surface area contributed by atoms with Crippen molar-refractivity contribution in [2.45, 2.75) is 6.10 Å². The monoisotopic (exact) mass is 263 g/mol. The molecule has 6 heteroatoms. The van der Waals surface area contributed by atoms with Gasteiger partial charge in [0.2, 0.25) is 5.95 Å². The van der Waals surface area contributed by atoms with Crippen LogP contribution in [0.3, 0.4) is 0 Å². The van der Waals surface area contributed by atoms with Crippen LogP contribution in [0.4, 0.5) is 4.39 Å². The molecule has 0 bridgehead atoms. The molecule has 1 atom stereocenters. The van der Waals surface area contributed by atoms with E-state index in [0.717, 1.165) is 7.11 Å². The maximum absolute atomic E-state index is 13.0. The van der Waals surface area contributed by atoms with Crippen LogP contribution >= 0.6 is 15.9 Å². The van der Waals surface area contributed by atoms with Crippen LogP contribution in [0.15, 0.2) is 16.7 Å². The van der Waals surface area contributed by atoms with Gasteiger partial charge in [-0.1, -0.05) is 0 Å². The normalized spacial score (nSPS) is 12.3. The maximum Gasteiger partial charge on any atom is 0.339 e. The second-order valence-corrected chi connectivity index (χ2v) is 3.37. The Bertz CT molecular complexity index is 358. The van der Waals surface area contributed by atoms with Crippen LogP contribution in [0.1, 0.15) is 11.7 Å². The standard InChI is InChI=1S/C8H7BrFNO3/c1-14-8(13)6(12)5-2-4(9)3-11-7(5)10/h2-3,6,12H,1H3. The van der Waals surface area contributed by atoms with Gasteiger partial charge in [0.05, 0.1) is 7.11 Å². The zero-order valence-electron chi connectivity index (χ0n) is 7.20. The van der Waals surface area contributed by atoms with Crippen molar-refractivity contribution in [3.8, 4) is 0 Å². The number of pyridine rings is 1. The first-order chi connectivity index (χ1) is 6.56. The number of carbonyl (C=O) groups is 1. The Morgan fingerprint density at radius 2 is 2.43 bits per heavy atom. The number of aliphatic hydroxyl groups excluding tert-OH is 1. The zero-order valence-corrected chi connectivity index (χ0v) is 8.78. The fourth-order valence-corrected chi connectivity index (χ4v) is 1.22. The van der Waals surface area contributed by atoms with E-state index in [0.29, 0.717) is 4.47 Å². The Morgan fingerprint density at radius 3 is 3.00 bits per heavy atom. The van der Waals surface area contributed by atoms with Crippen molar-refractivity contribution in [1.29, 1.82) is 0 Å². The number of carbonyl (C=O) groups excluding carboxylic acids is 1. The Kier molecular flexibility index (Phi) is 3.54. The minimum absolute atomic E-state index is 0.216. The van der Waals surface area contributed by atoms with E-state index in [1.54, 1.807) is 0 Å². The summed E-state index contributed by atoms with van der Waals surface area (Å²) >= 11 is 3.04. The predicted octanol–water partition coefficient (Wildman–Crippen LogP) is 1.19. The lowest BCUT2D eigenvalue weighted by atomic mass is 10.1. The van der Waals surface area contributed by atoms with Gasteiger partial charge in [0.25, 0.3) is 0 Å². The molecule has 0 aromatic carbocycles. The van der Waals surface area contributed by atoms with Gasteiger partial charge in [0.1, 0.15) is 0 Å². The van der Waals surface area contributed by atoms with Crippen molar-refractivity contribution in [1.82, 2.24) is 4.98 Å². The largest absolute Gasteiger partial charge is 0.467 e. The summed E-state index contributed by atoms with van der Waals surface area (Å²) in [4.78, 5) is 14.2. The number of aliphatic hydroxyl groups is 1. The van der Waals surface area contributed by atoms with Gasteiger partial charge in [-0.2, -0.15) is 4.39 Å². The number of aromatic nitrogens is 1. The van der Waals surface area contributed by atoms with Gasteiger partial charge >= 0.3 is 5.97 Å². The molecule has 0 spiro atoms. The highest BCUT2D eigenvalue weighted by molar-refractivity contribution is 9.10. The van der Waals surface area contributed by atoms with Crippen molar-refractivity contribution in [3.05, 3.63) is 28.2 Å². The summed E-state index contributed by atoms with van der Waals surface area (Å²) in [6.07, 6.45) is -0.423. The molecule has 76 valence electrons. The van der Waals surface area contributed by atoms with Crippen LogP contribution in [0.5, 0.6) is 0 Å². The molecule has 0 amide bonds. The highest BCUT2D eigenvalue weighted by Crippen LogP contribution is 2.20. The van der Waals surface area contributed by atoms with Crippen LogP contribution < -0.4 is 0 Å². The lowest BCUT2D eigenvalue weighted by Crippen LogP contribution is -2.15. The van der Waals surface area contributed by atoms with E-state index in [1.807, 2.05) is 0 Å². The van der Waals surface area contributed by atoms with E-state index < -0.39 is 18.0 Å². The third kappa shape index (κ3) is 2.27. The molecule has 0 aliphatic rings. The van der Waals surface area contributed by atoms with Crippen LogP contribution in [-0.2, 0) is 9.53 Å². The van der Waals surface area contributed by atoms with Gasteiger partial charge in [-0.3, -0.25) is 0 Å². The number of hydrogen-bond acceptors (Lipinski definition) is 4. The molecule has 0 aliphatic heterocycles. The van der Waals surface area contributed by atoms with Crippen molar-refractivity contribution < 1.29 is 19.0 Å². The fourth-order valence-electron chi connectivity index (χ4n) is 0.869. The van der Waals surface area contributed by atoms with Crippen molar-refractivity contribution in [2.75, 3.05) is 7.11 Å². The summed E-state index contributed by atoms with van der Waals surface area (Å²) in [6, 6.07) is 1.27. The highest BCUT2D eigenvalue weighted by Gasteiger charge is 2.22. The smallest absolute Gasteiger partial charge is 0.339 e. The van der Waals surface area contributed by atoms with E-state index in [2.05, 4.69) is 25.7 Å². The second kappa shape index (κ2) is 4.47. The molecule has 1 rings (SSSR count). The summed E-state index contributed by atoms with van der Waals surface area (Å²) in [5, 5.41) is 9.32. The van der Waals surface area contributed by atoms with E-state index in [1.165, 1.54) is 12.3 Å². The number of ether oxygens (including phenoxy) is 1. The minimum Gasteiger partial charge on any atom is -0.467 e. The van der Waals surface area contributed by atoms with Crippen molar-refractivity contribution in [2.24, 2.45) is 0 Å². The van der Waals surface area contributed by atoms with Crippen LogP contribution in [0, 0.1) is 5.95 Å². The van der Waals surface area contributed by atoms with Crippen molar-refractivity contribution in [3.63, 3.8) is 0 Å². The molecule has 1 N–H and O–H groups in total. The maximum atomic E-state index is 13.0. The summed E-state index contributed by atoms with van der Waals surface area (Å²) in [6.45, 7) is 0. The molecule has 14 heavy (non-hydrogen) atoms. The van der Waals surface area contributed by atoms with Crippen LogP contribution in [-0.4, -0.2) is 23.2 Å². The summed E-state index contributed by atoms with van der Waals surface area (Å²) in [7, 11) is 1.11. The number of halogens is 2. The van der Waals surface area contributed by atoms with E-state index in [4.69, 9.17) is 0 Å². The summed E-state index contributed by atoms with van der Waals surface area (Å²) < 4.78 is 17.7. The lowest BCUT2D eigenvalue weighted by molar-refractivity contribution is -0.150. The predicted molar refractivity (Wildman–Crippen MR) is 48.9 cm³/mol. The average Bonchev–Trinajstić information content (AvgIpc) is 2.19. The van der Waals surface area contributed by atoms with Crippen LogP contribution in [0.2, 0.25) is 0 Å². The molecule has 0 saturated carbocycles. The van der Waals surface area contributed by atoms with Gasteiger partial charge in [-0.15, -0.1) is 0 Å². The molecule has 1 aromatic heterocycles. The lowest BCUT2D eigenvalue weighted by Gasteiger charge is -2.08. The number of rotatable bonds is 2. The quantitative estimate of drug-likeness (QED) is 0.643. The average molecular weight is 264 g/mol. The first-order valence-electron chi connectivity index (χ1n) is 3.63. The number of esters is 1. The SMILES string of the molecule is COC(=O)C(O)c1cc(Br)cnc1F. The van der Waals surface area contributed by atoms with E-state index in [-0.39, 0.29) is 5.56 Å². The molecule has 0 aliphatic carbocycles. The summed E-state index contributed by atoms with van der Waals surface area (Å²) in [5.74, 6) is -1.82. The van der Waals surface area contributed by atoms with Crippen molar-refractivity contribution >= 4 is 21.9 Å². The van der Waals surface area contributed by atoms with Gasteiger partial charge in [-0.05, 0) is 22.0 Å². The van der Waals surface area contributed by atoms with Gasteiger partial charge in [0, 0.05) is 16.2 Å². The second-order valence-electron chi connectivity index (χ2n) is 2.46. The molecular weight excluding hydrogens is 257 g/mol. The molecular formula is C8H7BrFNO3. The molecule has 1 heterocycles. The Labute approximate surface area is 87.8 Å². The zero-order chi connectivity index (χ0) is 10.7. The Morgan fingerprint density at radius 1 is 1.79 bits per heavy atom. The minimum atomic E-state index is -1.65. The fraction of sp³-hybridized carbons (Fsp3) is 0.250. The molecule has 0 fully saturated rings. The Balaban J connectivity index is 3.05. The van der Waals surface area contributed by atoms with E-state index >= 15 is 0 Å². The van der Waals surface area contributed by atoms with Crippen LogP contribution in [0.25, 0.3) is 0 Å². The molecule has 1 aromatic rings. The number of hydrogen-bond donors (Lipinski definition) is 1. The first kappa shape index (κ1) is 11.1. The van der Waals surface area contributed by atoms with Gasteiger partial charge < -0.3 is 9.84 Å². The van der Waals surface area contributed by atoms with Gasteiger partial charge in [-0.25, -0.2) is 9.78 Å². The Hall–Kier alpha value is -1.01. The molecule has 0 radical (unpaired) electrons. The number of methoxy groups -OCH3 is 1. The molecule has 1 unspecified atom stereocenters.